The van der Waals surface area contributed by atoms with Crippen LogP contribution in [0, 0.1) is 0 Å². The van der Waals surface area contributed by atoms with Gasteiger partial charge in [-0.2, -0.15) is 0 Å². The number of phenolic OH excluding ortho intramolecular Hbond substituents is 1. The molecular weight excluding hydrogens is 352 g/mol. The van der Waals surface area contributed by atoms with E-state index in [0.29, 0.717) is 31.3 Å². The van der Waals surface area contributed by atoms with Crippen molar-refractivity contribution in [3.05, 3.63) is 29.3 Å². The first-order valence-corrected chi connectivity index (χ1v) is 11.0. The highest BCUT2D eigenvalue weighted by Crippen LogP contribution is 2.40. The van der Waals surface area contributed by atoms with E-state index in [0.717, 1.165) is 31.5 Å². The van der Waals surface area contributed by atoms with Crippen molar-refractivity contribution in [3.63, 3.8) is 0 Å². The molecule has 1 saturated carbocycles. The van der Waals surface area contributed by atoms with E-state index < -0.39 is 0 Å². The second-order valence-corrected chi connectivity index (χ2v) is 9.04. The number of carbonyl (C=O) groups excluding carboxylic acids is 1. The molecule has 0 unspecified atom stereocenters. The maximum atomic E-state index is 13.3. The molecule has 2 heterocycles. The van der Waals surface area contributed by atoms with Crippen molar-refractivity contribution in [1.29, 1.82) is 0 Å². The predicted molar refractivity (Wildman–Crippen MR) is 110 cm³/mol. The van der Waals surface area contributed by atoms with Crippen molar-refractivity contribution in [2.24, 2.45) is 0 Å². The molecule has 1 aromatic rings. The molecule has 5 heteroatoms. The van der Waals surface area contributed by atoms with Gasteiger partial charge in [-0.05, 0) is 56.3 Å². The van der Waals surface area contributed by atoms with Crippen LogP contribution in [0.4, 0.5) is 0 Å². The van der Waals surface area contributed by atoms with E-state index in [-0.39, 0.29) is 23.2 Å². The van der Waals surface area contributed by atoms with Crippen molar-refractivity contribution in [2.45, 2.75) is 69.9 Å². The molecule has 1 aromatic carbocycles. The Labute approximate surface area is 168 Å². The number of aromatic hydroxyl groups is 1. The number of amides is 1. The van der Waals surface area contributed by atoms with E-state index in [1.165, 1.54) is 25.7 Å². The number of hydrogen-bond donors (Lipinski definition) is 1. The largest absolute Gasteiger partial charge is 0.507 e. The minimum absolute atomic E-state index is 0.0616. The average Bonchev–Trinajstić information content (AvgIpc) is 3.22. The second-order valence-electron chi connectivity index (χ2n) is 9.04. The lowest BCUT2D eigenvalue weighted by molar-refractivity contribution is -0.156. The van der Waals surface area contributed by atoms with Crippen molar-refractivity contribution in [1.82, 2.24) is 9.80 Å². The number of rotatable bonds is 3. The van der Waals surface area contributed by atoms with Crippen LogP contribution in [0.3, 0.4) is 0 Å². The Morgan fingerprint density at radius 1 is 1.18 bits per heavy atom. The van der Waals surface area contributed by atoms with Gasteiger partial charge in [0.1, 0.15) is 11.4 Å². The van der Waals surface area contributed by atoms with Gasteiger partial charge in [-0.15, -0.1) is 0 Å². The summed E-state index contributed by atoms with van der Waals surface area (Å²) in [5.74, 6) is 0.262. The highest BCUT2D eigenvalue weighted by atomic mass is 16.5. The number of likely N-dealkylation sites (tertiary alicyclic amines) is 1. The van der Waals surface area contributed by atoms with Crippen molar-refractivity contribution in [2.75, 3.05) is 32.8 Å². The van der Waals surface area contributed by atoms with Crippen molar-refractivity contribution < 1.29 is 14.6 Å². The lowest BCUT2D eigenvalue weighted by Crippen LogP contribution is -2.64. The fourth-order valence-corrected chi connectivity index (χ4v) is 5.46. The zero-order valence-corrected chi connectivity index (χ0v) is 17.3. The van der Waals surface area contributed by atoms with E-state index in [1.54, 1.807) is 6.07 Å². The van der Waals surface area contributed by atoms with Gasteiger partial charge in [0.05, 0.1) is 18.7 Å². The third-order valence-corrected chi connectivity index (χ3v) is 6.93. The molecule has 4 rings (SSSR count). The van der Waals surface area contributed by atoms with Crippen LogP contribution >= 0.6 is 0 Å². The number of phenols is 1. The topological polar surface area (TPSA) is 53.0 Å². The predicted octanol–water partition coefficient (Wildman–Crippen LogP) is 3.77. The van der Waals surface area contributed by atoms with Gasteiger partial charge in [-0.3, -0.25) is 9.69 Å². The molecule has 154 valence electrons. The SMILES string of the molecule is CC(C)c1cccc(C(=O)N2CCO[C@@]3(CCCC[C@H]3N3CCCC3)C2)c1O. The number of para-hydroxylation sites is 1. The van der Waals surface area contributed by atoms with Crippen LogP contribution in [-0.4, -0.2) is 65.2 Å². The number of morpholine rings is 1. The van der Waals surface area contributed by atoms with Gasteiger partial charge in [0.25, 0.3) is 5.91 Å². The highest BCUT2D eigenvalue weighted by molar-refractivity contribution is 5.97. The summed E-state index contributed by atoms with van der Waals surface area (Å²) in [4.78, 5) is 17.9. The second kappa shape index (κ2) is 8.03. The lowest BCUT2D eigenvalue weighted by atomic mass is 9.78. The Morgan fingerprint density at radius 2 is 1.96 bits per heavy atom. The molecule has 3 aliphatic rings. The van der Waals surface area contributed by atoms with Gasteiger partial charge in [-0.25, -0.2) is 0 Å². The van der Waals surface area contributed by atoms with Crippen molar-refractivity contribution in [3.8, 4) is 5.75 Å². The van der Waals surface area contributed by atoms with Crippen LogP contribution in [-0.2, 0) is 4.74 Å². The third-order valence-electron chi connectivity index (χ3n) is 6.93. The van der Waals surface area contributed by atoms with E-state index in [9.17, 15) is 9.90 Å². The smallest absolute Gasteiger partial charge is 0.257 e. The summed E-state index contributed by atoms with van der Waals surface area (Å²) in [7, 11) is 0. The number of nitrogens with zero attached hydrogens (tertiary/aromatic N) is 2. The monoisotopic (exact) mass is 386 g/mol. The Bertz CT molecular complexity index is 710. The van der Waals surface area contributed by atoms with Gasteiger partial charge in [-0.1, -0.05) is 38.8 Å². The Hall–Kier alpha value is -1.59. The number of ether oxygens (including phenoxy) is 1. The van der Waals surface area contributed by atoms with E-state index in [2.05, 4.69) is 4.90 Å². The fraction of sp³-hybridized carbons (Fsp3) is 0.696. The molecular formula is C23H34N2O3. The van der Waals surface area contributed by atoms with Crippen LogP contribution in [0.15, 0.2) is 18.2 Å². The van der Waals surface area contributed by atoms with Crippen LogP contribution in [0.5, 0.6) is 5.75 Å². The summed E-state index contributed by atoms with van der Waals surface area (Å²) in [6.45, 7) is 8.20. The molecule has 2 atom stereocenters. The molecule has 28 heavy (non-hydrogen) atoms. The molecule has 0 bridgehead atoms. The summed E-state index contributed by atoms with van der Waals surface area (Å²) in [5, 5.41) is 10.7. The van der Waals surface area contributed by atoms with Gasteiger partial charge >= 0.3 is 0 Å². The van der Waals surface area contributed by atoms with Gasteiger partial charge < -0.3 is 14.7 Å². The van der Waals surface area contributed by atoms with Gasteiger partial charge in [0, 0.05) is 12.6 Å². The summed E-state index contributed by atoms with van der Waals surface area (Å²) in [5.41, 5.74) is 1.01. The van der Waals surface area contributed by atoms with Crippen LogP contribution in [0.25, 0.3) is 0 Å². The summed E-state index contributed by atoms with van der Waals surface area (Å²) < 4.78 is 6.44. The summed E-state index contributed by atoms with van der Waals surface area (Å²) in [6.07, 6.45) is 7.14. The zero-order chi connectivity index (χ0) is 19.7. The maximum Gasteiger partial charge on any atom is 0.257 e. The molecule has 2 aliphatic heterocycles. The van der Waals surface area contributed by atoms with E-state index in [1.807, 2.05) is 30.9 Å². The summed E-state index contributed by atoms with van der Waals surface area (Å²) >= 11 is 0. The zero-order valence-electron chi connectivity index (χ0n) is 17.3. The summed E-state index contributed by atoms with van der Waals surface area (Å²) in [6, 6.07) is 5.95. The number of hydrogen-bond acceptors (Lipinski definition) is 4. The molecule has 1 spiro atoms. The maximum absolute atomic E-state index is 13.3. The number of benzene rings is 1. The third kappa shape index (κ3) is 3.55. The van der Waals surface area contributed by atoms with Gasteiger partial charge in [0.2, 0.25) is 0 Å². The minimum Gasteiger partial charge on any atom is -0.507 e. The minimum atomic E-state index is -0.248. The molecule has 1 amide bonds. The molecule has 1 N–H and O–H groups in total. The molecule has 0 aromatic heterocycles. The molecule has 2 saturated heterocycles. The molecule has 0 radical (unpaired) electrons. The average molecular weight is 387 g/mol. The van der Waals surface area contributed by atoms with Crippen LogP contribution in [0.1, 0.15) is 74.2 Å². The Balaban J connectivity index is 1.58. The lowest BCUT2D eigenvalue weighted by Gasteiger charge is -2.52. The Morgan fingerprint density at radius 3 is 2.71 bits per heavy atom. The first kappa shape index (κ1) is 19.7. The van der Waals surface area contributed by atoms with E-state index in [4.69, 9.17) is 4.74 Å². The highest BCUT2D eigenvalue weighted by Gasteiger charge is 2.48. The van der Waals surface area contributed by atoms with Gasteiger partial charge in [0.15, 0.2) is 0 Å². The molecule has 1 aliphatic carbocycles. The van der Waals surface area contributed by atoms with Crippen LogP contribution in [0.2, 0.25) is 0 Å². The van der Waals surface area contributed by atoms with E-state index >= 15 is 0 Å². The standard InChI is InChI=1S/C23H34N2O3/c1-17(2)18-8-7-9-19(21(18)26)22(27)25-14-15-28-23(16-25)11-4-3-10-20(23)24-12-5-6-13-24/h7-9,17,20,26H,3-6,10-16H2,1-2H3/t20-,23+/m1/s1. The first-order chi connectivity index (χ1) is 13.5. The Kier molecular flexibility index (Phi) is 5.66. The normalized spacial score (nSPS) is 29.0. The molecule has 5 nitrogen and oxygen atoms in total. The molecule has 3 fully saturated rings. The van der Waals surface area contributed by atoms with Crippen molar-refractivity contribution >= 4 is 5.91 Å². The first-order valence-electron chi connectivity index (χ1n) is 11.0. The fourth-order valence-electron chi connectivity index (χ4n) is 5.46. The number of carbonyl (C=O) groups is 1. The van der Waals surface area contributed by atoms with Crippen LogP contribution < -0.4 is 0 Å². The quantitative estimate of drug-likeness (QED) is 0.859.